The van der Waals surface area contributed by atoms with Gasteiger partial charge in [-0.2, -0.15) is 13.2 Å². The molecule has 7 heteroatoms. The zero-order valence-corrected chi connectivity index (χ0v) is 11.7. The highest BCUT2D eigenvalue weighted by Gasteiger charge is 2.32. The second-order valence-corrected chi connectivity index (χ2v) is 5.03. The number of hydrogen-bond acceptors (Lipinski definition) is 4. The van der Waals surface area contributed by atoms with Crippen LogP contribution in [0.3, 0.4) is 0 Å². The molecule has 0 aliphatic carbocycles. The first-order valence-corrected chi connectivity index (χ1v) is 6.78. The molecule has 1 aromatic rings. The molecule has 0 spiro atoms. The number of anilines is 1. The van der Waals surface area contributed by atoms with Crippen molar-refractivity contribution < 1.29 is 22.7 Å². The minimum absolute atomic E-state index is 0.0737. The summed E-state index contributed by atoms with van der Waals surface area (Å²) in [5.41, 5.74) is -0.771. The molecule has 1 saturated heterocycles. The molecule has 1 atom stereocenters. The third kappa shape index (κ3) is 3.86. The van der Waals surface area contributed by atoms with Gasteiger partial charge in [-0.3, -0.25) is 4.79 Å². The summed E-state index contributed by atoms with van der Waals surface area (Å²) in [6, 6.07) is 2.31. The van der Waals surface area contributed by atoms with Crippen molar-refractivity contribution in [3.05, 3.63) is 23.9 Å². The van der Waals surface area contributed by atoms with Gasteiger partial charge in [0.15, 0.2) is 0 Å². The largest absolute Gasteiger partial charge is 0.469 e. The second-order valence-electron chi connectivity index (χ2n) is 5.03. The lowest BCUT2D eigenvalue weighted by molar-refractivity contribution is -0.141. The van der Waals surface area contributed by atoms with E-state index in [1.165, 1.54) is 13.2 Å². The molecule has 2 rings (SSSR count). The molecule has 0 N–H and O–H groups in total. The summed E-state index contributed by atoms with van der Waals surface area (Å²) in [7, 11) is 1.33. The maximum absolute atomic E-state index is 12.5. The average Bonchev–Trinajstić information content (AvgIpc) is 2.47. The van der Waals surface area contributed by atoms with Crippen LogP contribution in [0.15, 0.2) is 18.3 Å². The number of alkyl halides is 3. The Bertz CT molecular complexity index is 488. The van der Waals surface area contributed by atoms with E-state index in [1.807, 2.05) is 4.90 Å². The molecular formula is C14H17F3N2O2. The van der Waals surface area contributed by atoms with Crippen LogP contribution < -0.4 is 4.90 Å². The van der Waals surface area contributed by atoms with E-state index < -0.39 is 11.7 Å². The highest BCUT2D eigenvalue weighted by Crippen LogP contribution is 2.31. The number of carbonyl (C=O) groups is 1. The Kier molecular flexibility index (Phi) is 4.69. The van der Waals surface area contributed by atoms with Gasteiger partial charge in [0.2, 0.25) is 0 Å². The molecule has 21 heavy (non-hydrogen) atoms. The molecule has 1 aromatic heterocycles. The standard InChI is InChI=1S/C14H17F3N2O2/c1-21-13(20)8-11-4-2-3-7-19(11)12-6-5-10(9-18-12)14(15,16)17/h5-6,9,11H,2-4,7-8H2,1H3. The topological polar surface area (TPSA) is 42.4 Å². The van der Waals surface area contributed by atoms with Gasteiger partial charge in [-0.25, -0.2) is 4.98 Å². The van der Waals surface area contributed by atoms with E-state index >= 15 is 0 Å². The van der Waals surface area contributed by atoms with Crippen LogP contribution in [-0.4, -0.2) is 30.6 Å². The van der Waals surface area contributed by atoms with Crippen molar-refractivity contribution in [3.63, 3.8) is 0 Å². The van der Waals surface area contributed by atoms with Gasteiger partial charge in [0.25, 0.3) is 0 Å². The zero-order valence-electron chi connectivity index (χ0n) is 11.7. The van der Waals surface area contributed by atoms with Crippen LogP contribution in [-0.2, 0) is 15.7 Å². The Balaban J connectivity index is 2.15. The summed E-state index contributed by atoms with van der Waals surface area (Å²) in [4.78, 5) is 17.2. The summed E-state index contributed by atoms with van der Waals surface area (Å²) >= 11 is 0. The lowest BCUT2D eigenvalue weighted by atomic mass is 9.99. The van der Waals surface area contributed by atoms with Gasteiger partial charge in [-0.15, -0.1) is 0 Å². The first-order chi connectivity index (χ1) is 9.91. The number of pyridine rings is 1. The summed E-state index contributed by atoms with van der Waals surface area (Å²) in [6.45, 7) is 0.681. The highest BCUT2D eigenvalue weighted by atomic mass is 19.4. The fourth-order valence-electron chi connectivity index (χ4n) is 2.51. The van der Waals surface area contributed by atoms with E-state index in [0.717, 1.165) is 31.5 Å². The van der Waals surface area contributed by atoms with Crippen LogP contribution in [0.2, 0.25) is 0 Å². The molecule has 0 aromatic carbocycles. The van der Waals surface area contributed by atoms with Crippen molar-refractivity contribution in [1.29, 1.82) is 0 Å². The molecule has 1 fully saturated rings. The number of esters is 1. The molecule has 2 heterocycles. The zero-order chi connectivity index (χ0) is 15.5. The summed E-state index contributed by atoms with van der Waals surface area (Å²) in [6.07, 6.45) is -0.617. The minimum atomic E-state index is -4.39. The first kappa shape index (κ1) is 15.6. The number of methoxy groups -OCH3 is 1. The lowest BCUT2D eigenvalue weighted by Crippen LogP contribution is -2.41. The number of carbonyl (C=O) groups excluding carboxylic acids is 1. The van der Waals surface area contributed by atoms with Crippen molar-refractivity contribution in [2.75, 3.05) is 18.6 Å². The quantitative estimate of drug-likeness (QED) is 0.805. The van der Waals surface area contributed by atoms with Crippen LogP contribution in [0.1, 0.15) is 31.2 Å². The normalized spacial score (nSPS) is 19.4. The minimum Gasteiger partial charge on any atom is -0.469 e. The van der Waals surface area contributed by atoms with E-state index in [0.29, 0.717) is 12.4 Å². The van der Waals surface area contributed by atoms with Gasteiger partial charge in [0, 0.05) is 18.8 Å². The predicted molar refractivity (Wildman–Crippen MR) is 70.9 cm³/mol. The predicted octanol–water partition coefficient (Wildman–Crippen LogP) is 3.02. The van der Waals surface area contributed by atoms with Crippen molar-refractivity contribution in [3.8, 4) is 0 Å². The van der Waals surface area contributed by atoms with Gasteiger partial charge in [-0.1, -0.05) is 0 Å². The van der Waals surface area contributed by atoms with Gasteiger partial charge in [0.1, 0.15) is 5.82 Å². The van der Waals surface area contributed by atoms with Crippen LogP contribution >= 0.6 is 0 Å². The Hall–Kier alpha value is -1.79. The summed E-state index contributed by atoms with van der Waals surface area (Å²) in [5, 5.41) is 0. The Labute approximate surface area is 120 Å². The molecule has 116 valence electrons. The Morgan fingerprint density at radius 3 is 2.76 bits per heavy atom. The van der Waals surface area contributed by atoms with Gasteiger partial charge >= 0.3 is 12.1 Å². The number of nitrogens with zero attached hydrogens (tertiary/aromatic N) is 2. The molecule has 1 aliphatic heterocycles. The molecule has 0 saturated carbocycles. The van der Waals surface area contributed by atoms with Crippen LogP contribution in [0.5, 0.6) is 0 Å². The third-order valence-corrected chi connectivity index (χ3v) is 3.63. The number of hydrogen-bond donors (Lipinski definition) is 0. The van der Waals surface area contributed by atoms with Crippen LogP contribution in [0, 0.1) is 0 Å². The maximum Gasteiger partial charge on any atom is 0.417 e. The van der Waals surface area contributed by atoms with Crippen molar-refractivity contribution in [1.82, 2.24) is 4.98 Å². The van der Waals surface area contributed by atoms with Crippen LogP contribution in [0.4, 0.5) is 19.0 Å². The molecule has 0 bridgehead atoms. The fourth-order valence-corrected chi connectivity index (χ4v) is 2.51. The monoisotopic (exact) mass is 302 g/mol. The second kappa shape index (κ2) is 6.32. The highest BCUT2D eigenvalue weighted by molar-refractivity contribution is 5.70. The summed E-state index contributed by atoms with van der Waals surface area (Å²) in [5.74, 6) is 0.149. The average molecular weight is 302 g/mol. The summed E-state index contributed by atoms with van der Waals surface area (Å²) < 4.78 is 42.3. The van der Waals surface area contributed by atoms with Crippen molar-refractivity contribution in [2.24, 2.45) is 0 Å². The first-order valence-electron chi connectivity index (χ1n) is 6.78. The maximum atomic E-state index is 12.5. The third-order valence-electron chi connectivity index (χ3n) is 3.63. The Morgan fingerprint density at radius 2 is 2.19 bits per heavy atom. The number of aromatic nitrogens is 1. The number of halogens is 3. The van der Waals surface area contributed by atoms with E-state index in [1.54, 1.807) is 0 Å². The number of piperidine rings is 1. The van der Waals surface area contributed by atoms with Gasteiger partial charge in [-0.05, 0) is 31.4 Å². The van der Waals surface area contributed by atoms with Gasteiger partial charge in [0.05, 0.1) is 19.1 Å². The van der Waals surface area contributed by atoms with E-state index in [2.05, 4.69) is 9.72 Å². The van der Waals surface area contributed by atoms with Crippen molar-refractivity contribution in [2.45, 2.75) is 37.9 Å². The van der Waals surface area contributed by atoms with E-state index in [9.17, 15) is 18.0 Å². The SMILES string of the molecule is COC(=O)CC1CCCCN1c1ccc(C(F)(F)F)cn1. The van der Waals surface area contributed by atoms with Crippen LogP contribution in [0.25, 0.3) is 0 Å². The number of ether oxygens (including phenoxy) is 1. The molecule has 1 unspecified atom stereocenters. The van der Waals surface area contributed by atoms with E-state index in [4.69, 9.17) is 0 Å². The smallest absolute Gasteiger partial charge is 0.417 e. The van der Waals surface area contributed by atoms with Gasteiger partial charge < -0.3 is 9.64 Å². The number of rotatable bonds is 3. The molecular weight excluding hydrogens is 285 g/mol. The molecule has 0 radical (unpaired) electrons. The molecule has 1 aliphatic rings. The lowest BCUT2D eigenvalue weighted by Gasteiger charge is -2.36. The Morgan fingerprint density at radius 1 is 1.43 bits per heavy atom. The molecule has 4 nitrogen and oxygen atoms in total. The fraction of sp³-hybridized carbons (Fsp3) is 0.571. The van der Waals surface area contributed by atoms with E-state index in [-0.39, 0.29) is 18.4 Å². The molecule has 0 amide bonds. The van der Waals surface area contributed by atoms with Crippen molar-refractivity contribution >= 4 is 11.8 Å².